The quantitative estimate of drug-likeness (QED) is 0.204. The molecule has 5 rings (SSSR count). The van der Waals surface area contributed by atoms with Crippen LogP contribution in [0.5, 0.6) is 0 Å². The van der Waals surface area contributed by atoms with E-state index in [0.717, 1.165) is 44.9 Å². The zero-order valence-electron chi connectivity index (χ0n) is 30.8. The number of hydrogen-bond donors (Lipinski definition) is 2. The largest absolute Gasteiger partial charge is 0.481 e. The number of rotatable bonds is 8. The highest BCUT2D eigenvalue weighted by Crippen LogP contribution is 2.77. The molecule has 260 valence electrons. The van der Waals surface area contributed by atoms with Crippen molar-refractivity contribution in [3.8, 4) is 0 Å². The first-order valence-electron chi connectivity index (χ1n) is 18.5. The number of ether oxygens (including phenoxy) is 1. The van der Waals surface area contributed by atoms with Crippen LogP contribution in [0.15, 0.2) is 12.2 Å². The third-order valence-corrected chi connectivity index (χ3v) is 15.4. The third-order valence-electron chi connectivity index (χ3n) is 15.4. The average Bonchev–Trinajstić information content (AvgIpc) is 3.31. The predicted molar refractivity (Wildman–Crippen MR) is 183 cm³/mol. The molecule has 2 N–H and O–H groups in total. The smallest absolute Gasteiger partial charge is 0.306 e. The summed E-state index contributed by atoms with van der Waals surface area (Å²) in [5, 5.41) is 12.7. The van der Waals surface area contributed by atoms with E-state index in [-0.39, 0.29) is 58.0 Å². The van der Waals surface area contributed by atoms with Crippen LogP contribution in [0.25, 0.3) is 0 Å². The Morgan fingerprint density at radius 1 is 0.870 bits per heavy atom. The molecule has 5 aliphatic carbocycles. The van der Waals surface area contributed by atoms with Crippen LogP contribution in [-0.2, 0) is 19.1 Å². The highest BCUT2D eigenvalue weighted by atomic mass is 16.5. The topological polar surface area (TPSA) is 92.7 Å². The fourth-order valence-electron chi connectivity index (χ4n) is 13.2. The van der Waals surface area contributed by atoms with Gasteiger partial charge in [-0.2, -0.15) is 0 Å². The van der Waals surface area contributed by atoms with E-state index < -0.39 is 11.4 Å². The average molecular weight is 640 g/mol. The number of amides is 1. The molecule has 10 atom stereocenters. The molecule has 0 aromatic rings. The molecule has 0 radical (unpaired) electrons. The molecule has 5 aliphatic rings. The van der Waals surface area contributed by atoms with Gasteiger partial charge in [-0.05, 0) is 136 Å². The first kappa shape index (κ1) is 35.5. The minimum Gasteiger partial charge on any atom is -0.481 e. The van der Waals surface area contributed by atoms with Gasteiger partial charge in [-0.3, -0.25) is 14.4 Å². The Morgan fingerprint density at radius 3 is 2.15 bits per heavy atom. The number of nitrogens with one attached hydrogen (secondary N) is 1. The van der Waals surface area contributed by atoms with E-state index in [1.54, 1.807) is 0 Å². The number of allylic oxidation sites excluding steroid dienone is 1. The number of fused-ring (bicyclic) bond motifs is 7. The molecule has 0 bridgehead atoms. The van der Waals surface area contributed by atoms with Crippen molar-refractivity contribution < 1.29 is 24.2 Å². The zero-order chi connectivity index (χ0) is 34.3. The Bertz CT molecular complexity index is 1250. The second kappa shape index (κ2) is 11.6. The van der Waals surface area contributed by atoms with Crippen LogP contribution in [-0.4, -0.2) is 35.1 Å². The first-order chi connectivity index (χ1) is 21.1. The number of hydrogen-bond acceptors (Lipinski definition) is 4. The molecule has 6 nitrogen and oxygen atoms in total. The summed E-state index contributed by atoms with van der Waals surface area (Å²) in [5.74, 6) is 1.48. The third kappa shape index (κ3) is 5.38. The Morgan fingerprint density at radius 2 is 1.54 bits per heavy atom. The molecule has 6 heteroatoms. The lowest BCUT2D eigenvalue weighted by atomic mass is 9.32. The second-order valence-corrected chi connectivity index (χ2v) is 19.2. The summed E-state index contributed by atoms with van der Waals surface area (Å²) < 4.78 is 6.25. The van der Waals surface area contributed by atoms with Crippen LogP contribution in [0.1, 0.15) is 146 Å². The van der Waals surface area contributed by atoms with Crippen LogP contribution < -0.4 is 5.32 Å². The Labute approximate surface area is 279 Å². The number of carboxylic acids is 1. The van der Waals surface area contributed by atoms with Crippen molar-refractivity contribution in [2.45, 2.75) is 158 Å². The van der Waals surface area contributed by atoms with Crippen LogP contribution >= 0.6 is 0 Å². The lowest BCUT2D eigenvalue weighted by Gasteiger charge is -2.72. The van der Waals surface area contributed by atoms with Gasteiger partial charge in [0.25, 0.3) is 0 Å². The monoisotopic (exact) mass is 639 g/mol. The van der Waals surface area contributed by atoms with Crippen molar-refractivity contribution >= 4 is 17.8 Å². The molecular weight excluding hydrogens is 574 g/mol. The van der Waals surface area contributed by atoms with Gasteiger partial charge < -0.3 is 15.2 Å². The molecule has 0 spiro atoms. The second-order valence-electron chi connectivity index (χ2n) is 19.2. The summed E-state index contributed by atoms with van der Waals surface area (Å²) in [6, 6.07) is 0.150. The number of aliphatic carboxylic acids is 1. The van der Waals surface area contributed by atoms with E-state index in [4.69, 9.17) is 4.74 Å². The number of carbonyl (C=O) groups is 3. The van der Waals surface area contributed by atoms with E-state index in [9.17, 15) is 19.5 Å². The summed E-state index contributed by atoms with van der Waals surface area (Å²) in [6.45, 7) is 27.0. The molecule has 1 amide bonds. The van der Waals surface area contributed by atoms with Crippen molar-refractivity contribution in [3.05, 3.63) is 12.2 Å². The van der Waals surface area contributed by atoms with Gasteiger partial charge in [-0.15, -0.1) is 0 Å². The standard InChI is InChI=1S/C40H65NO5/c1-24(2)26-14-19-40(34(45)41-25(3)4)21-20-38(10)27(33(26)40)12-13-29-37(9)17-16-30(36(7,8)28(37)15-18-39(29,38)11)46-32(44)23-35(5,6)22-31(42)43/h25-30,33H,1,12-23H2,2-11H3,(H,41,45)(H,42,43)/t26-,27+,28?,29?,30-,33?,37-,38+,39+,40-/m0/s1. The molecule has 5 saturated carbocycles. The summed E-state index contributed by atoms with van der Waals surface area (Å²) in [6.07, 6.45) is 10.7. The predicted octanol–water partition coefficient (Wildman–Crippen LogP) is 8.97. The highest BCUT2D eigenvalue weighted by Gasteiger charge is 2.72. The van der Waals surface area contributed by atoms with Crippen molar-refractivity contribution in [3.63, 3.8) is 0 Å². The summed E-state index contributed by atoms with van der Waals surface area (Å²) in [5.41, 5.74) is 0.700. The van der Waals surface area contributed by atoms with E-state index in [0.29, 0.717) is 35.5 Å². The van der Waals surface area contributed by atoms with E-state index >= 15 is 0 Å². The van der Waals surface area contributed by atoms with Crippen LogP contribution in [0.3, 0.4) is 0 Å². The normalized spacial score (nSPS) is 43.0. The summed E-state index contributed by atoms with van der Waals surface area (Å²) in [7, 11) is 0. The molecule has 0 saturated heterocycles. The van der Waals surface area contributed by atoms with Crippen LogP contribution in [0, 0.1) is 62.1 Å². The van der Waals surface area contributed by atoms with Crippen molar-refractivity contribution in [1.82, 2.24) is 5.32 Å². The molecule has 0 aromatic carbocycles. The van der Waals surface area contributed by atoms with Gasteiger partial charge in [0.15, 0.2) is 0 Å². The van der Waals surface area contributed by atoms with Crippen LogP contribution in [0.4, 0.5) is 0 Å². The fraction of sp³-hybridized carbons (Fsp3) is 0.875. The first-order valence-corrected chi connectivity index (χ1v) is 18.5. The van der Waals surface area contributed by atoms with Gasteiger partial charge >= 0.3 is 11.9 Å². The molecule has 0 aliphatic heterocycles. The van der Waals surface area contributed by atoms with Crippen molar-refractivity contribution in [2.24, 2.45) is 62.1 Å². The maximum Gasteiger partial charge on any atom is 0.306 e. The molecule has 5 fully saturated rings. The molecule has 3 unspecified atom stereocenters. The lowest BCUT2D eigenvalue weighted by molar-refractivity contribution is -0.249. The summed E-state index contributed by atoms with van der Waals surface area (Å²) >= 11 is 0. The highest BCUT2D eigenvalue weighted by molar-refractivity contribution is 5.84. The molecular formula is C40H65NO5. The van der Waals surface area contributed by atoms with Crippen LogP contribution in [0.2, 0.25) is 0 Å². The Balaban J connectivity index is 1.41. The Kier molecular flexibility index (Phi) is 8.97. The van der Waals surface area contributed by atoms with Gasteiger partial charge in [0.2, 0.25) is 5.91 Å². The van der Waals surface area contributed by atoms with Gasteiger partial charge in [-0.1, -0.05) is 60.6 Å². The van der Waals surface area contributed by atoms with Crippen molar-refractivity contribution in [1.29, 1.82) is 0 Å². The minimum atomic E-state index is -0.884. The van der Waals surface area contributed by atoms with E-state index in [2.05, 4.69) is 67.3 Å². The lowest BCUT2D eigenvalue weighted by Crippen LogP contribution is -2.67. The van der Waals surface area contributed by atoms with Gasteiger partial charge in [0.05, 0.1) is 18.3 Å². The molecule has 0 heterocycles. The zero-order valence-corrected chi connectivity index (χ0v) is 30.8. The van der Waals surface area contributed by atoms with Gasteiger partial charge in [-0.25, -0.2) is 0 Å². The fourth-order valence-corrected chi connectivity index (χ4v) is 13.2. The maximum absolute atomic E-state index is 14.1. The van der Waals surface area contributed by atoms with E-state index in [1.807, 2.05) is 13.8 Å². The van der Waals surface area contributed by atoms with Crippen molar-refractivity contribution in [2.75, 3.05) is 0 Å². The maximum atomic E-state index is 14.1. The van der Waals surface area contributed by atoms with E-state index in [1.165, 1.54) is 24.8 Å². The molecule has 0 aromatic heterocycles. The number of carbonyl (C=O) groups excluding carboxylic acids is 2. The number of esters is 1. The number of carboxylic acid groups (broad SMARTS) is 1. The summed E-state index contributed by atoms with van der Waals surface area (Å²) in [4.78, 5) is 38.6. The SMILES string of the molecule is C=C(C)[C@@H]1CC[C@]2(C(=O)NC(C)C)CC[C@]3(C)[C@H](CCC4[C@@]5(C)CC[C@H](OC(=O)CC(C)(C)CC(=O)O)C(C)(C)C5CC[C@]43C)C12. The Hall–Kier alpha value is -1.85. The van der Waals surface area contributed by atoms with Gasteiger partial charge in [0, 0.05) is 11.5 Å². The molecule has 46 heavy (non-hydrogen) atoms. The van der Waals surface area contributed by atoms with Gasteiger partial charge in [0.1, 0.15) is 6.10 Å². The minimum absolute atomic E-state index is 0.0473.